The smallest absolute Gasteiger partial charge is 0.0992 e. The molecule has 4 heteroatoms. The number of fused-ring (bicyclic) bond motifs is 10. The fourth-order valence-corrected chi connectivity index (χ4v) is 8.69. The third-order valence-electron chi connectivity index (χ3n) is 9.53. The Labute approximate surface area is 274 Å². The number of aromatic nitrogens is 2. The van der Waals surface area contributed by atoms with E-state index in [9.17, 15) is 5.26 Å². The molecule has 218 valence electrons. The molecular formula is C43H25N3S. The van der Waals surface area contributed by atoms with Gasteiger partial charge in [-0.25, -0.2) is 0 Å². The Morgan fingerprint density at radius 3 is 1.89 bits per heavy atom. The number of rotatable bonds is 3. The van der Waals surface area contributed by atoms with Gasteiger partial charge in [0, 0.05) is 48.4 Å². The minimum absolute atomic E-state index is 0.654. The highest BCUT2D eigenvalue weighted by atomic mass is 32.1. The number of thiophene rings is 1. The minimum atomic E-state index is 0.654. The third kappa shape index (κ3) is 3.78. The molecule has 3 heterocycles. The molecule has 0 aliphatic heterocycles. The molecule has 3 nitrogen and oxygen atoms in total. The molecule has 0 fully saturated rings. The molecule has 0 radical (unpaired) electrons. The summed E-state index contributed by atoms with van der Waals surface area (Å²) in [7, 11) is 0. The van der Waals surface area contributed by atoms with Crippen molar-refractivity contribution in [2.24, 2.45) is 0 Å². The highest BCUT2D eigenvalue weighted by Crippen LogP contribution is 2.44. The van der Waals surface area contributed by atoms with Crippen LogP contribution in [-0.4, -0.2) is 9.13 Å². The highest BCUT2D eigenvalue weighted by Gasteiger charge is 2.19. The summed E-state index contributed by atoms with van der Waals surface area (Å²) in [4.78, 5) is 0. The maximum Gasteiger partial charge on any atom is 0.0992 e. The molecule has 0 amide bonds. The zero-order valence-electron chi connectivity index (χ0n) is 25.2. The summed E-state index contributed by atoms with van der Waals surface area (Å²) in [6, 6.07) is 56.5. The molecule has 10 aromatic rings. The molecule has 10 rings (SSSR count). The van der Waals surface area contributed by atoms with Crippen LogP contribution >= 0.6 is 11.3 Å². The topological polar surface area (TPSA) is 33.6 Å². The first-order chi connectivity index (χ1) is 23.3. The second kappa shape index (κ2) is 9.92. The van der Waals surface area contributed by atoms with Crippen LogP contribution in [-0.2, 0) is 0 Å². The first kappa shape index (κ1) is 26.1. The van der Waals surface area contributed by atoms with Crippen molar-refractivity contribution in [3.05, 3.63) is 157 Å². The van der Waals surface area contributed by atoms with E-state index < -0.39 is 0 Å². The molecule has 7 aromatic carbocycles. The van der Waals surface area contributed by atoms with E-state index in [2.05, 4.69) is 149 Å². The van der Waals surface area contributed by atoms with Gasteiger partial charge < -0.3 is 9.13 Å². The van der Waals surface area contributed by atoms with Crippen molar-refractivity contribution in [2.75, 3.05) is 0 Å². The highest BCUT2D eigenvalue weighted by molar-refractivity contribution is 7.26. The van der Waals surface area contributed by atoms with Crippen LogP contribution in [0.1, 0.15) is 5.56 Å². The summed E-state index contributed by atoms with van der Waals surface area (Å²) < 4.78 is 7.34. The average Bonchev–Trinajstić information content (AvgIpc) is 3.79. The van der Waals surface area contributed by atoms with E-state index in [1.165, 1.54) is 69.6 Å². The summed E-state index contributed by atoms with van der Waals surface area (Å²) in [6.07, 6.45) is 0. The lowest BCUT2D eigenvalue weighted by Gasteiger charge is -2.09. The molecule has 0 saturated carbocycles. The summed E-state index contributed by atoms with van der Waals surface area (Å²) in [5.74, 6) is 0. The number of para-hydroxylation sites is 2. The van der Waals surface area contributed by atoms with Crippen molar-refractivity contribution in [1.29, 1.82) is 5.26 Å². The summed E-state index contributed by atoms with van der Waals surface area (Å²) in [5.41, 5.74) is 9.90. The van der Waals surface area contributed by atoms with Crippen molar-refractivity contribution < 1.29 is 0 Å². The van der Waals surface area contributed by atoms with Crippen LogP contribution in [0.2, 0.25) is 0 Å². The summed E-state index contributed by atoms with van der Waals surface area (Å²) in [6.45, 7) is 0. The van der Waals surface area contributed by atoms with Crippen LogP contribution in [0, 0.1) is 11.3 Å². The predicted molar refractivity (Wildman–Crippen MR) is 198 cm³/mol. The van der Waals surface area contributed by atoms with E-state index >= 15 is 0 Å². The quantitative estimate of drug-likeness (QED) is 0.195. The maximum atomic E-state index is 9.58. The Morgan fingerprint density at radius 2 is 1.09 bits per heavy atom. The zero-order chi connectivity index (χ0) is 31.1. The first-order valence-corrected chi connectivity index (χ1v) is 16.6. The minimum Gasteiger partial charge on any atom is -0.309 e. The van der Waals surface area contributed by atoms with Crippen molar-refractivity contribution >= 4 is 75.1 Å². The van der Waals surface area contributed by atoms with Crippen molar-refractivity contribution in [2.45, 2.75) is 0 Å². The average molecular weight is 616 g/mol. The molecule has 0 atom stereocenters. The van der Waals surface area contributed by atoms with Gasteiger partial charge in [0.1, 0.15) is 0 Å². The molecule has 0 spiro atoms. The normalized spacial score (nSPS) is 11.8. The van der Waals surface area contributed by atoms with Crippen LogP contribution in [0.5, 0.6) is 0 Å². The second-order valence-electron chi connectivity index (χ2n) is 12.1. The zero-order valence-corrected chi connectivity index (χ0v) is 26.0. The first-order valence-electron chi connectivity index (χ1n) is 15.7. The fourth-order valence-electron chi connectivity index (χ4n) is 7.45. The van der Waals surface area contributed by atoms with Gasteiger partial charge in [0.2, 0.25) is 0 Å². The van der Waals surface area contributed by atoms with E-state index in [1.807, 2.05) is 29.5 Å². The monoisotopic (exact) mass is 615 g/mol. The van der Waals surface area contributed by atoms with Gasteiger partial charge in [0.25, 0.3) is 0 Å². The van der Waals surface area contributed by atoms with Crippen LogP contribution in [0.15, 0.2) is 152 Å². The summed E-state index contributed by atoms with van der Waals surface area (Å²) in [5, 5.41) is 17.1. The van der Waals surface area contributed by atoms with Crippen LogP contribution < -0.4 is 0 Å². The molecular weight excluding hydrogens is 591 g/mol. The lowest BCUT2D eigenvalue weighted by molar-refractivity contribution is 1.18. The molecule has 47 heavy (non-hydrogen) atoms. The Hall–Kier alpha value is -6.15. The van der Waals surface area contributed by atoms with Crippen molar-refractivity contribution in [1.82, 2.24) is 9.13 Å². The van der Waals surface area contributed by atoms with Crippen molar-refractivity contribution in [3.8, 4) is 28.6 Å². The van der Waals surface area contributed by atoms with Crippen LogP contribution in [0.4, 0.5) is 0 Å². The van der Waals surface area contributed by atoms with Gasteiger partial charge in [0.15, 0.2) is 0 Å². The predicted octanol–water partition coefficient (Wildman–Crippen LogP) is 11.8. The van der Waals surface area contributed by atoms with Gasteiger partial charge in [-0.2, -0.15) is 5.26 Å². The lowest BCUT2D eigenvalue weighted by Crippen LogP contribution is -1.94. The van der Waals surface area contributed by atoms with Crippen LogP contribution in [0.25, 0.3) is 86.3 Å². The van der Waals surface area contributed by atoms with Gasteiger partial charge >= 0.3 is 0 Å². The molecule has 0 saturated heterocycles. The molecule has 0 aliphatic carbocycles. The maximum absolute atomic E-state index is 9.58. The van der Waals surface area contributed by atoms with E-state index in [-0.39, 0.29) is 0 Å². The summed E-state index contributed by atoms with van der Waals surface area (Å²) >= 11 is 1.88. The molecule has 0 aliphatic rings. The number of hydrogen-bond acceptors (Lipinski definition) is 2. The largest absolute Gasteiger partial charge is 0.309 e. The van der Waals surface area contributed by atoms with E-state index in [0.29, 0.717) is 5.56 Å². The number of nitrogens with zero attached hydrogens (tertiary/aromatic N) is 3. The van der Waals surface area contributed by atoms with Gasteiger partial charge in [-0.15, -0.1) is 11.3 Å². The Bertz CT molecular complexity index is 2910. The standard InChI is InChI=1S/C43H25N3S/c44-26-27-9-8-12-31(23-27)45-38-15-6-4-13-32(38)36-24-28(17-21-39(36)45)29-18-22-40-37(25-29)34-19-20-35-33-14-5-7-16-41(33)47-43(35)42(34)46(40)30-10-2-1-3-11-30/h1-25H. The van der Waals surface area contributed by atoms with E-state index in [0.717, 1.165) is 16.7 Å². The van der Waals surface area contributed by atoms with Gasteiger partial charge in [-0.1, -0.05) is 84.9 Å². The van der Waals surface area contributed by atoms with Gasteiger partial charge in [-0.05, 0) is 77.9 Å². The van der Waals surface area contributed by atoms with Gasteiger partial charge in [-0.3, -0.25) is 0 Å². The van der Waals surface area contributed by atoms with E-state index in [1.54, 1.807) is 0 Å². The third-order valence-corrected chi connectivity index (χ3v) is 10.7. The van der Waals surface area contributed by atoms with Gasteiger partial charge in [0.05, 0.1) is 38.4 Å². The van der Waals surface area contributed by atoms with E-state index in [4.69, 9.17) is 0 Å². The Kier molecular flexibility index (Phi) is 5.51. The molecule has 0 bridgehead atoms. The number of benzene rings is 7. The van der Waals surface area contributed by atoms with Crippen molar-refractivity contribution in [3.63, 3.8) is 0 Å². The molecule has 0 unspecified atom stereocenters. The number of nitriles is 1. The Morgan fingerprint density at radius 1 is 0.447 bits per heavy atom. The second-order valence-corrected chi connectivity index (χ2v) is 13.1. The SMILES string of the molecule is N#Cc1cccc(-n2c3ccccc3c3cc(-c4ccc5c(c4)c4ccc6c7ccccc7sc6c4n5-c4ccccc4)ccc32)c1. The Balaban J connectivity index is 1.23. The molecule has 0 N–H and O–H groups in total. The number of hydrogen-bond donors (Lipinski definition) is 0. The fraction of sp³-hybridized carbons (Fsp3) is 0. The lowest BCUT2D eigenvalue weighted by atomic mass is 10.0. The molecule has 3 aromatic heterocycles. The van der Waals surface area contributed by atoms with Crippen LogP contribution in [0.3, 0.4) is 0 Å².